The van der Waals surface area contributed by atoms with Crippen molar-refractivity contribution >= 4 is 6.03 Å². The summed E-state index contributed by atoms with van der Waals surface area (Å²) in [4.78, 5) is 11.2. The van der Waals surface area contributed by atoms with Crippen molar-refractivity contribution in [3.05, 3.63) is 11.8 Å². The van der Waals surface area contributed by atoms with E-state index in [0.717, 1.165) is 5.57 Å². The Labute approximate surface area is 92.1 Å². The smallest absolute Gasteiger partial charge is 0.318 e. The van der Waals surface area contributed by atoms with Gasteiger partial charge in [-0.3, -0.25) is 0 Å². The molecule has 4 heteroatoms. The molecule has 15 heavy (non-hydrogen) atoms. The average Bonchev–Trinajstić information content (AvgIpc) is 2.13. The van der Waals surface area contributed by atoms with Crippen LogP contribution in [0, 0.1) is 5.41 Å². The third-order valence-corrected chi connectivity index (χ3v) is 2.19. The molecule has 0 heterocycles. The Morgan fingerprint density at radius 2 is 2.00 bits per heavy atom. The minimum absolute atomic E-state index is 0.0831. The Hall–Kier alpha value is -1.03. The van der Waals surface area contributed by atoms with Gasteiger partial charge in [0.2, 0.25) is 0 Å². The van der Waals surface area contributed by atoms with Gasteiger partial charge in [0, 0.05) is 19.9 Å². The Kier molecular flexibility index (Phi) is 6.01. The molecule has 2 N–H and O–H groups in total. The maximum absolute atomic E-state index is 11.2. The van der Waals surface area contributed by atoms with Crippen molar-refractivity contribution in [3.63, 3.8) is 0 Å². The number of amides is 2. The summed E-state index contributed by atoms with van der Waals surface area (Å²) in [6.45, 7) is 9.34. The summed E-state index contributed by atoms with van der Waals surface area (Å²) in [5.74, 6) is 0. The molecular weight excluding hydrogens is 192 g/mol. The van der Waals surface area contributed by atoms with Gasteiger partial charge >= 0.3 is 6.03 Å². The van der Waals surface area contributed by atoms with Crippen LogP contribution >= 0.6 is 0 Å². The Morgan fingerprint density at radius 3 is 2.47 bits per heavy atom. The van der Waals surface area contributed by atoms with Crippen molar-refractivity contribution in [3.8, 4) is 0 Å². The Bertz CT molecular complexity index is 229. The molecule has 0 aliphatic heterocycles. The van der Waals surface area contributed by atoms with Crippen molar-refractivity contribution < 1.29 is 9.53 Å². The third-order valence-electron chi connectivity index (χ3n) is 2.19. The highest BCUT2D eigenvalue weighted by molar-refractivity contribution is 5.74. The van der Waals surface area contributed by atoms with Crippen LogP contribution in [0.4, 0.5) is 4.79 Å². The number of hydrogen-bond donors (Lipinski definition) is 2. The maximum atomic E-state index is 11.2. The van der Waals surface area contributed by atoms with Gasteiger partial charge in [0.25, 0.3) is 0 Å². The fourth-order valence-electron chi connectivity index (χ4n) is 0.708. The van der Waals surface area contributed by atoms with E-state index in [4.69, 9.17) is 4.74 Å². The predicted octanol–water partition coefficient (Wildman–Crippen LogP) is 1.88. The quantitative estimate of drug-likeness (QED) is 0.702. The number of carbonyl (C=O) groups is 1. The molecule has 0 aromatic heterocycles. The molecule has 0 bridgehead atoms. The highest BCUT2D eigenvalue weighted by Gasteiger charge is 2.12. The average molecular weight is 214 g/mol. The van der Waals surface area contributed by atoms with Crippen LogP contribution in [-0.4, -0.2) is 26.3 Å². The van der Waals surface area contributed by atoms with Gasteiger partial charge < -0.3 is 15.4 Å². The van der Waals surface area contributed by atoms with Crippen molar-refractivity contribution in [2.24, 2.45) is 5.41 Å². The lowest BCUT2D eigenvalue weighted by Crippen LogP contribution is -2.34. The van der Waals surface area contributed by atoms with E-state index in [1.807, 2.05) is 6.92 Å². The molecule has 88 valence electrons. The van der Waals surface area contributed by atoms with E-state index >= 15 is 0 Å². The van der Waals surface area contributed by atoms with Crippen molar-refractivity contribution in [2.75, 3.05) is 20.3 Å². The van der Waals surface area contributed by atoms with Crippen LogP contribution in [0.1, 0.15) is 27.7 Å². The molecule has 2 amide bonds. The van der Waals surface area contributed by atoms with Crippen LogP contribution in [0.2, 0.25) is 0 Å². The molecule has 0 atom stereocenters. The second-order valence-corrected chi connectivity index (χ2v) is 4.47. The summed E-state index contributed by atoms with van der Waals surface area (Å²) in [5, 5.41) is 5.35. The molecule has 0 unspecified atom stereocenters. The Balaban J connectivity index is 3.89. The molecule has 0 radical (unpaired) electrons. The number of methoxy groups -OCH3 is 1. The number of urea groups is 1. The molecule has 0 spiro atoms. The van der Waals surface area contributed by atoms with Gasteiger partial charge in [0.15, 0.2) is 0 Å². The lowest BCUT2D eigenvalue weighted by molar-refractivity contribution is 0.196. The molecule has 0 saturated heterocycles. The summed E-state index contributed by atoms with van der Waals surface area (Å²) in [6, 6.07) is -0.198. The first-order valence-corrected chi connectivity index (χ1v) is 5.08. The predicted molar refractivity (Wildman–Crippen MR) is 61.6 cm³/mol. The largest absolute Gasteiger partial charge is 0.383 e. The van der Waals surface area contributed by atoms with Crippen LogP contribution in [0.5, 0.6) is 0 Å². The second kappa shape index (κ2) is 6.45. The molecule has 0 saturated carbocycles. The summed E-state index contributed by atoms with van der Waals surface area (Å²) >= 11 is 0. The summed E-state index contributed by atoms with van der Waals surface area (Å²) < 4.78 is 4.81. The van der Waals surface area contributed by atoms with Gasteiger partial charge in [-0.15, -0.1) is 0 Å². The van der Waals surface area contributed by atoms with E-state index in [1.165, 1.54) is 0 Å². The standard InChI is InChI=1S/C11H22N2O2/c1-9(11(2,3)4)8-13-10(14)12-6-7-15-5/h8H,6-7H2,1-5H3,(H2,12,13,14)/b9-8+. The van der Waals surface area contributed by atoms with Crippen LogP contribution in [0.15, 0.2) is 11.8 Å². The van der Waals surface area contributed by atoms with E-state index in [9.17, 15) is 4.79 Å². The zero-order valence-electron chi connectivity index (χ0n) is 10.3. The number of rotatable bonds is 4. The second-order valence-electron chi connectivity index (χ2n) is 4.47. The van der Waals surface area contributed by atoms with Gasteiger partial charge in [-0.25, -0.2) is 4.79 Å². The normalized spacial score (nSPS) is 12.5. The highest BCUT2D eigenvalue weighted by Crippen LogP contribution is 2.23. The molecule has 0 aromatic rings. The van der Waals surface area contributed by atoms with Gasteiger partial charge in [-0.2, -0.15) is 0 Å². The lowest BCUT2D eigenvalue weighted by atomic mass is 9.88. The zero-order valence-corrected chi connectivity index (χ0v) is 10.3. The molecule has 4 nitrogen and oxygen atoms in total. The van der Waals surface area contributed by atoms with E-state index in [2.05, 4.69) is 31.4 Å². The summed E-state index contributed by atoms with van der Waals surface area (Å²) in [6.07, 6.45) is 1.74. The molecule has 0 fully saturated rings. The highest BCUT2D eigenvalue weighted by atomic mass is 16.5. The van der Waals surface area contributed by atoms with Crippen molar-refractivity contribution in [2.45, 2.75) is 27.7 Å². The van der Waals surface area contributed by atoms with Crippen molar-refractivity contribution in [1.82, 2.24) is 10.6 Å². The first-order chi connectivity index (χ1) is 6.88. The van der Waals surface area contributed by atoms with Crippen LogP contribution in [0.3, 0.4) is 0 Å². The van der Waals surface area contributed by atoms with Gasteiger partial charge in [-0.1, -0.05) is 26.3 Å². The number of nitrogens with one attached hydrogen (secondary N) is 2. The summed E-state index contributed by atoms with van der Waals surface area (Å²) in [7, 11) is 1.60. The zero-order chi connectivity index (χ0) is 11.9. The minimum atomic E-state index is -0.198. The maximum Gasteiger partial charge on any atom is 0.318 e. The van der Waals surface area contributed by atoms with Gasteiger partial charge in [-0.05, 0) is 12.3 Å². The molecular formula is C11H22N2O2. The Morgan fingerprint density at radius 1 is 1.40 bits per heavy atom. The third kappa shape index (κ3) is 6.96. The first kappa shape index (κ1) is 14.0. The number of hydrogen-bond acceptors (Lipinski definition) is 2. The monoisotopic (exact) mass is 214 g/mol. The number of carbonyl (C=O) groups excluding carboxylic acids is 1. The molecule has 0 aromatic carbocycles. The number of ether oxygens (including phenoxy) is 1. The molecule has 0 rings (SSSR count). The van der Waals surface area contributed by atoms with E-state index in [1.54, 1.807) is 13.3 Å². The fourth-order valence-corrected chi connectivity index (χ4v) is 0.708. The summed E-state index contributed by atoms with van der Waals surface area (Å²) in [5.41, 5.74) is 1.21. The SMILES string of the molecule is COCCNC(=O)N/C=C(\C)C(C)(C)C. The van der Waals surface area contributed by atoms with Gasteiger partial charge in [0.05, 0.1) is 6.61 Å². The minimum Gasteiger partial charge on any atom is -0.383 e. The molecule has 0 aliphatic carbocycles. The molecule has 0 aliphatic rings. The van der Waals surface area contributed by atoms with Gasteiger partial charge in [0.1, 0.15) is 0 Å². The van der Waals surface area contributed by atoms with E-state index < -0.39 is 0 Å². The van der Waals surface area contributed by atoms with E-state index in [-0.39, 0.29) is 11.4 Å². The van der Waals surface area contributed by atoms with Crippen molar-refractivity contribution in [1.29, 1.82) is 0 Å². The number of allylic oxidation sites excluding steroid dienone is 1. The first-order valence-electron chi connectivity index (χ1n) is 5.08. The lowest BCUT2D eigenvalue weighted by Gasteiger charge is -2.19. The fraction of sp³-hybridized carbons (Fsp3) is 0.727. The van der Waals surface area contributed by atoms with Crippen LogP contribution in [0.25, 0.3) is 0 Å². The van der Waals surface area contributed by atoms with Crippen LogP contribution in [-0.2, 0) is 4.74 Å². The topological polar surface area (TPSA) is 50.4 Å². The van der Waals surface area contributed by atoms with Crippen LogP contribution < -0.4 is 10.6 Å². The van der Waals surface area contributed by atoms with E-state index in [0.29, 0.717) is 13.2 Å².